The molecule has 1 atom stereocenters. The van der Waals surface area contributed by atoms with Gasteiger partial charge in [-0.05, 0) is 42.8 Å². The molecule has 27 heavy (non-hydrogen) atoms. The molecule has 142 valence electrons. The number of ether oxygens (including phenoxy) is 3. The van der Waals surface area contributed by atoms with E-state index < -0.39 is 5.97 Å². The summed E-state index contributed by atoms with van der Waals surface area (Å²) in [4.78, 5) is 26.4. The van der Waals surface area contributed by atoms with Gasteiger partial charge in [0.25, 0.3) is 5.91 Å². The van der Waals surface area contributed by atoms with Crippen molar-refractivity contribution in [3.63, 3.8) is 0 Å². The number of benzene rings is 2. The monoisotopic (exact) mass is 369 g/mol. The number of carbonyl (C=O) groups excluding carboxylic acids is 2. The minimum Gasteiger partial charge on any atom is -0.497 e. The molecule has 0 N–H and O–H groups in total. The van der Waals surface area contributed by atoms with Gasteiger partial charge in [0.2, 0.25) is 0 Å². The molecule has 0 bridgehead atoms. The van der Waals surface area contributed by atoms with Crippen molar-refractivity contribution in [3.8, 4) is 11.5 Å². The summed E-state index contributed by atoms with van der Waals surface area (Å²) in [6, 6.07) is 12.3. The smallest absolute Gasteiger partial charge is 0.337 e. The number of rotatable bonds is 5. The maximum absolute atomic E-state index is 12.9. The van der Waals surface area contributed by atoms with Gasteiger partial charge in [-0.15, -0.1) is 0 Å². The van der Waals surface area contributed by atoms with Gasteiger partial charge in [-0.25, -0.2) is 4.79 Å². The first-order valence-corrected chi connectivity index (χ1v) is 8.77. The van der Waals surface area contributed by atoms with E-state index >= 15 is 0 Å². The maximum Gasteiger partial charge on any atom is 0.337 e. The predicted octanol–water partition coefficient (Wildman–Crippen LogP) is 3.12. The lowest BCUT2D eigenvalue weighted by molar-refractivity contribution is 0.0600. The van der Waals surface area contributed by atoms with E-state index in [0.717, 1.165) is 23.5 Å². The van der Waals surface area contributed by atoms with E-state index in [1.54, 1.807) is 43.4 Å². The number of hydrogen-bond acceptors (Lipinski definition) is 5. The van der Waals surface area contributed by atoms with Gasteiger partial charge in [-0.2, -0.15) is 0 Å². The first-order valence-electron chi connectivity index (χ1n) is 8.77. The molecular weight excluding hydrogens is 346 g/mol. The van der Waals surface area contributed by atoms with Gasteiger partial charge in [0.1, 0.15) is 11.5 Å². The van der Waals surface area contributed by atoms with Crippen LogP contribution in [0.25, 0.3) is 0 Å². The minimum absolute atomic E-state index is 0.0925. The van der Waals surface area contributed by atoms with E-state index in [1.807, 2.05) is 18.2 Å². The van der Waals surface area contributed by atoms with Crippen LogP contribution in [0.2, 0.25) is 0 Å². The third-order valence-corrected chi connectivity index (χ3v) is 4.88. The van der Waals surface area contributed by atoms with Crippen LogP contribution in [0.3, 0.4) is 0 Å². The van der Waals surface area contributed by atoms with Gasteiger partial charge in [-0.1, -0.05) is 6.07 Å². The Kier molecular flexibility index (Phi) is 5.64. The van der Waals surface area contributed by atoms with Crippen molar-refractivity contribution < 1.29 is 23.8 Å². The number of nitrogens with zero attached hydrogens (tertiary/aromatic N) is 1. The molecule has 0 radical (unpaired) electrons. The number of likely N-dealkylation sites (tertiary alicyclic amines) is 1. The SMILES string of the molecule is COC(=O)c1cccc(C(=O)N2CC[C@H](c3cc(OC)ccc3OC)C2)c1. The van der Waals surface area contributed by atoms with Crippen LogP contribution >= 0.6 is 0 Å². The zero-order chi connectivity index (χ0) is 19.4. The number of esters is 1. The molecule has 0 unspecified atom stereocenters. The molecule has 1 aliphatic heterocycles. The average Bonchev–Trinajstić information content (AvgIpc) is 3.22. The molecule has 1 fully saturated rings. The van der Waals surface area contributed by atoms with E-state index in [1.165, 1.54) is 7.11 Å². The molecule has 3 rings (SSSR count). The van der Waals surface area contributed by atoms with Crippen molar-refractivity contribution in [2.24, 2.45) is 0 Å². The van der Waals surface area contributed by atoms with Gasteiger partial charge >= 0.3 is 5.97 Å². The zero-order valence-corrected chi connectivity index (χ0v) is 15.7. The van der Waals surface area contributed by atoms with E-state index in [4.69, 9.17) is 14.2 Å². The lowest BCUT2D eigenvalue weighted by atomic mass is 9.97. The van der Waals surface area contributed by atoms with E-state index in [9.17, 15) is 9.59 Å². The van der Waals surface area contributed by atoms with Crippen LogP contribution < -0.4 is 9.47 Å². The maximum atomic E-state index is 12.9. The fourth-order valence-corrected chi connectivity index (χ4v) is 3.44. The van der Waals surface area contributed by atoms with Gasteiger partial charge in [-0.3, -0.25) is 4.79 Å². The normalized spacial score (nSPS) is 16.1. The molecule has 6 nitrogen and oxygen atoms in total. The summed E-state index contributed by atoms with van der Waals surface area (Å²) in [6.45, 7) is 1.23. The Morgan fingerprint density at radius 3 is 2.48 bits per heavy atom. The number of methoxy groups -OCH3 is 3. The van der Waals surface area contributed by atoms with Gasteiger partial charge in [0.05, 0.1) is 26.9 Å². The summed E-state index contributed by atoms with van der Waals surface area (Å²) >= 11 is 0. The van der Waals surface area contributed by atoms with Crippen LogP contribution in [0.15, 0.2) is 42.5 Å². The van der Waals surface area contributed by atoms with Gasteiger partial charge < -0.3 is 19.1 Å². The van der Waals surface area contributed by atoms with Crippen LogP contribution in [0.4, 0.5) is 0 Å². The van der Waals surface area contributed by atoms with Gasteiger partial charge in [0, 0.05) is 30.1 Å². The Hall–Kier alpha value is -3.02. The summed E-state index contributed by atoms with van der Waals surface area (Å²) in [5, 5.41) is 0. The Labute approximate surface area is 158 Å². The average molecular weight is 369 g/mol. The van der Waals surface area contributed by atoms with Crippen molar-refractivity contribution in [2.45, 2.75) is 12.3 Å². The summed E-state index contributed by atoms with van der Waals surface area (Å²) in [5.74, 6) is 1.18. The lowest BCUT2D eigenvalue weighted by Crippen LogP contribution is -2.28. The molecule has 0 spiro atoms. The molecule has 2 aromatic carbocycles. The highest BCUT2D eigenvalue weighted by Crippen LogP contribution is 2.36. The molecule has 0 aliphatic carbocycles. The second-order valence-corrected chi connectivity index (χ2v) is 6.42. The predicted molar refractivity (Wildman–Crippen MR) is 101 cm³/mol. The molecule has 1 saturated heterocycles. The third kappa shape index (κ3) is 3.89. The van der Waals surface area contributed by atoms with E-state index in [-0.39, 0.29) is 11.8 Å². The van der Waals surface area contributed by atoms with Crippen molar-refractivity contribution in [2.75, 3.05) is 34.4 Å². The highest BCUT2D eigenvalue weighted by molar-refractivity contribution is 5.98. The van der Waals surface area contributed by atoms with Crippen LogP contribution in [-0.2, 0) is 4.74 Å². The van der Waals surface area contributed by atoms with Crippen molar-refractivity contribution in [1.29, 1.82) is 0 Å². The third-order valence-electron chi connectivity index (χ3n) is 4.88. The Morgan fingerprint density at radius 1 is 1.00 bits per heavy atom. The molecule has 6 heteroatoms. The van der Waals surface area contributed by atoms with Crippen LogP contribution in [0, 0.1) is 0 Å². The second-order valence-electron chi connectivity index (χ2n) is 6.42. The van der Waals surface area contributed by atoms with Crippen molar-refractivity contribution >= 4 is 11.9 Å². The molecule has 1 heterocycles. The molecule has 2 aromatic rings. The fraction of sp³-hybridized carbons (Fsp3) is 0.333. The largest absolute Gasteiger partial charge is 0.497 e. The quantitative estimate of drug-likeness (QED) is 0.758. The minimum atomic E-state index is -0.454. The summed E-state index contributed by atoms with van der Waals surface area (Å²) < 4.78 is 15.5. The summed E-state index contributed by atoms with van der Waals surface area (Å²) in [7, 11) is 4.59. The zero-order valence-electron chi connectivity index (χ0n) is 15.7. The van der Waals surface area contributed by atoms with E-state index in [2.05, 4.69) is 0 Å². The molecule has 0 aromatic heterocycles. The fourth-order valence-electron chi connectivity index (χ4n) is 3.44. The number of hydrogen-bond donors (Lipinski definition) is 0. The lowest BCUT2D eigenvalue weighted by Gasteiger charge is -2.19. The van der Waals surface area contributed by atoms with Crippen LogP contribution in [0.1, 0.15) is 38.6 Å². The highest BCUT2D eigenvalue weighted by Gasteiger charge is 2.30. The molecular formula is C21H23NO5. The van der Waals surface area contributed by atoms with Gasteiger partial charge in [0.15, 0.2) is 0 Å². The van der Waals surface area contributed by atoms with E-state index in [0.29, 0.717) is 24.2 Å². The van der Waals surface area contributed by atoms with Crippen LogP contribution in [0.5, 0.6) is 11.5 Å². The standard InChI is InChI=1S/C21H23NO5/c1-25-17-7-8-19(26-2)18(12-17)16-9-10-22(13-16)20(23)14-5-4-6-15(11-14)21(24)27-3/h4-8,11-12,16H,9-10,13H2,1-3H3/t16-/m0/s1. The van der Waals surface area contributed by atoms with Crippen molar-refractivity contribution in [3.05, 3.63) is 59.2 Å². The van der Waals surface area contributed by atoms with Crippen LogP contribution in [-0.4, -0.2) is 51.2 Å². The number of amides is 1. The summed E-state index contributed by atoms with van der Waals surface area (Å²) in [5.41, 5.74) is 1.89. The second kappa shape index (κ2) is 8.12. The summed E-state index contributed by atoms with van der Waals surface area (Å²) in [6.07, 6.45) is 0.839. The molecule has 1 amide bonds. The molecule has 1 aliphatic rings. The Morgan fingerprint density at radius 2 is 1.78 bits per heavy atom. The van der Waals surface area contributed by atoms with Crippen molar-refractivity contribution in [1.82, 2.24) is 4.90 Å². The first kappa shape index (κ1) is 18.8. The number of carbonyl (C=O) groups is 2. The highest BCUT2D eigenvalue weighted by atomic mass is 16.5. The molecule has 0 saturated carbocycles. The Balaban J connectivity index is 1.78. The topological polar surface area (TPSA) is 65.1 Å². The Bertz CT molecular complexity index is 848. The first-order chi connectivity index (χ1) is 13.1.